The molecule has 2 rings (SSSR count). The second-order valence-corrected chi connectivity index (χ2v) is 6.76. The first-order chi connectivity index (χ1) is 8.73. The fraction of sp³-hybridized carbons (Fsp3) is 0.100. The Labute approximate surface area is 115 Å². The van der Waals surface area contributed by atoms with E-state index in [1.54, 1.807) is 0 Å². The van der Waals surface area contributed by atoms with E-state index in [2.05, 4.69) is 10.4 Å². The van der Waals surface area contributed by atoms with Gasteiger partial charge in [0.25, 0.3) is 0 Å². The fourth-order valence-corrected chi connectivity index (χ4v) is 3.87. The number of nitrogens with zero attached hydrogens (tertiary/aromatic N) is 1. The summed E-state index contributed by atoms with van der Waals surface area (Å²) in [6, 6.07) is 3.20. The van der Waals surface area contributed by atoms with Crippen LogP contribution in [-0.4, -0.2) is 13.4 Å². The minimum Gasteiger partial charge on any atom is -0.242 e. The molecule has 0 bridgehead atoms. The van der Waals surface area contributed by atoms with Crippen LogP contribution in [0.15, 0.2) is 33.6 Å². The van der Waals surface area contributed by atoms with E-state index < -0.39 is 31.6 Å². The molecule has 0 aliphatic heterocycles. The Hall–Kier alpha value is -1.12. The van der Waals surface area contributed by atoms with Gasteiger partial charge >= 0.3 is 6.18 Å². The van der Waals surface area contributed by atoms with Crippen molar-refractivity contribution in [3.8, 4) is 0 Å². The van der Waals surface area contributed by atoms with E-state index in [4.69, 9.17) is 11.6 Å². The highest BCUT2D eigenvalue weighted by molar-refractivity contribution is 7.93. The standard InChI is InChI=1S/C10H4ClF3NO2S2/c11-7-4-6(10(12,13)14)5-15-9(7)19(16,17)8-2-1-3-18-8/h1-2,4-5H. The number of halogens is 4. The Morgan fingerprint density at radius 3 is 2.53 bits per heavy atom. The number of aromatic nitrogens is 1. The lowest BCUT2D eigenvalue weighted by molar-refractivity contribution is -0.137. The van der Waals surface area contributed by atoms with Crippen molar-refractivity contribution in [2.24, 2.45) is 0 Å². The molecule has 101 valence electrons. The van der Waals surface area contributed by atoms with E-state index in [1.165, 1.54) is 12.1 Å². The third kappa shape index (κ3) is 2.75. The molecule has 0 saturated carbocycles. The highest BCUT2D eigenvalue weighted by Gasteiger charge is 2.33. The van der Waals surface area contributed by atoms with Crippen LogP contribution in [-0.2, 0) is 16.0 Å². The van der Waals surface area contributed by atoms with Crippen LogP contribution in [0.2, 0.25) is 5.02 Å². The summed E-state index contributed by atoms with van der Waals surface area (Å²) in [6.07, 6.45) is -4.19. The van der Waals surface area contributed by atoms with Gasteiger partial charge in [-0.2, -0.15) is 13.2 Å². The Morgan fingerprint density at radius 2 is 2.05 bits per heavy atom. The van der Waals surface area contributed by atoms with E-state index in [1.807, 2.05) is 0 Å². The lowest BCUT2D eigenvalue weighted by Crippen LogP contribution is -2.09. The zero-order valence-electron chi connectivity index (χ0n) is 8.90. The van der Waals surface area contributed by atoms with Gasteiger partial charge in [-0.3, -0.25) is 0 Å². The van der Waals surface area contributed by atoms with Crippen LogP contribution in [0.3, 0.4) is 0 Å². The van der Waals surface area contributed by atoms with E-state index in [-0.39, 0.29) is 4.21 Å². The summed E-state index contributed by atoms with van der Waals surface area (Å²) in [7, 11) is -4.01. The molecule has 3 nitrogen and oxygen atoms in total. The van der Waals surface area contributed by atoms with E-state index in [9.17, 15) is 21.6 Å². The first kappa shape index (κ1) is 14.3. The van der Waals surface area contributed by atoms with Crippen LogP contribution in [0.5, 0.6) is 0 Å². The van der Waals surface area contributed by atoms with Gasteiger partial charge in [0.05, 0.1) is 10.6 Å². The Bertz CT molecular complexity index is 696. The van der Waals surface area contributed by atoms with Crippen molar-refractivity contribution in [1.29, 1.82) is 0 Å². The number of thiophene rings is 1. The summed E-state index contributed by atoms with van der Waals surface area (Å²) in [5.41, 5.74) is -1.10. The molecular weight excluding hydrogens is 323 g/mol. The summed E-state index contributed by atoms with van der Waals surface area (Å²) in [5, 5.41) is 1.41. The third-order valence-corrected chi connectivity index (χ3v) is 5.50. The molecule has 0 fully saturated rings. The minimum absolute atomic E-state index is 0.0818. The topological polar surface area (TPSA) is 47.0 Å². The van der Waals surface area contributed by atoms with Crippen LogP contribution in [0.4, 0.5) is 13.2 Å². The van der Waals surface area contributed by atoms with Crippen LogP contribution < -0.4 is 0 Å². The zero-order valence-corrected chi connectivity index (χ0v) is 11.3. The average Bonchev–Trinajstić information content (AvgIpc) is 2.81. The lowest BCUT2D eigenvalue weighted by atomic mass is 10.3. The van der Waals surface area contributed by atoms with Crippen LogP contribution in [0, 0.1) is 5.38 Å². The van der Waals surface area contributed by atoms with Crippen LogP contribution >= 0.6 is 22.9 Å². The predicted molar refractivity (Wildman–Crippen MR) is 62.9 cm³/mol. The SMILES string of the molecule is O=S(=O)(c1cc[c]s1)c1ncc(C(F)(F)F)cc1Cl. The summed E-state index contributed by atoms with van der Waals surface area (Å²) in [6.45, 7) is 0. The molecule has 0 unspecified atom stereocenters. The second kappa shape index (κ2) is 4.77. The van der Waals surface area contributed by atoms with Gasteiger partial charge in [0.2, 0.25) is 9.84 Å². The molecule has 0 aliphatic rings. The highest BCUT2D eigenvalue weighted by Crippen LogP contribution is 2.34. The number of hydrogen-bond donors (Lipinski definition) is 0. The predicted octanol–water partition coefficient (Wildman–Crippen LogP) is 3.45. The van der Waals surface area contributed by atoms with E-state index >= 15 is 0 Å². The number of sulfone groups is 1. The summed E-state index contributed by atoms with van der Waals surface area (Å²) >= 11 is 6.40. The van der Waals surface area contributed by atoms with Gasteiger partial charge in [-0.15, -0.1) is 11.3 Å². The van der Waals surface area contributed by atoms with Crippen molar-refractivity contribution in [3.63, 3.8) is 0 Å². The summed E-state index contributed by atoms with van der Waals surface area (Å²) < 4.78 is 61.3. The fourth-order valence-electron chi connectivity index (χ4n) is 1.25. The molecular formula is C10H4ClF3NO2S2. The van der Waals surface area contributed by atoms with Crippen molar-refractivity contribution < 1.29 is 21.6 Å². The van der Waals surface area contributed by atoms with Gasteiger partial charge in [-0.05, 0) is 18.2 Å². The average molecular weight is 327 g/mol. The largest absolute Gasteiger partial charge is 0.417 e. The second-order valence-electron chi connectivity index (χ2n) is 3.38. The number of hydrogen-bond acceptors (Lipinski definition) is 4. The maximum Gasteiger partial charge on any atom is 0.417 e. The summed E-state index contributed by atoms with van der Waals surface area (Å²) in [5.74, 6) is 0. The molecule has 2 heterocycles. The van der Waals surface area contributed by atoms with Gasteiger partial charge in [-0.25, -0.2) is 13.4 Å². The Morgan fingerprint density at radius 1 is 1.37 bits per heavy atom. The van der Waals surface area contributed by atoms with Crippen molar-refractivity contribution in [1.82, 2.24) is 4.98 Å². The van der Waals surface area contributed by atoms with Gasteiger partial charge in [0.1, 0.15) is 4.21 Å². The van der Waals surface area contributed by atoms with Gasteiger partial charge in [0, 0.05) is 11.6 Å². The molecule has 19 heavy (non-hydrogen) atoms. The smallest absolute Gasteiger partial charge is 0.242 e. The van der Waals surface area contributed by atoms with Gasteiger partial charge in [0.15, 0.2) is 5.03 Å². The first-order valence-corrected chi connectivity index (χ1v) is 7.34. The monoisotopic (exact) mass is 326 g/mol. The minimum atomic E-state index is -4.63. The zero-order chi connectivity index (χ0) is 14.3. The number of rotatable bonds is 2. The molecule has 0 N–H and O–H groups in total. The maximum absolute atomic E-state index is 12.4. The lowest BCUT2D eigenvalue weighted by Gasteiger charge is -2.08. The van der Waals surface area contributed by atoms with Gasteiger partial charge in [-0.1, -0.05) is 11.6 Å². The Balaban J connectivity index is 2.54. The summed E-state index contributed by atoms with van der Waals surface area (Å²) in [4.78, 5) is 3.33. The van der Waals surface area contributed by atoms with Crippen molar-refractivity contribution in [2.75, 3.05) is 0 Å². The molecule has 0 saturated heterocycles. The van der Waals surface area contributed by atoms with Crippen molar-refractivity contribution in [3.05, 3.63) is 40.4 Å². The molecule has 2 aromatic rings. The molecule has 0 atom stereocenters. The van der Waals surface area contributed by atoms with Crippen molar-refractivity contribution >= 4 is 32.8 Å². The molecule has 0 aliphatic carbocycles. The molecule has 0 aromatic carbocycles. The molecule has 9 heteroatoms. The number of pyridine rings is 1. The molecule has 1 radical (unpaired) electrons. The van der Waals surface area contributed by atoms with Crippen LogP contribution in [0.1, 0.15) is 5.56 Å². The quantitative estimate of drug-likeness (QED) is 0.849. The number of alkyl halides is 3. The molecule has 0 spiro atoms. The normalized spacial score (nSPS) is 12.6. The molecule has 2 aromatic heterocycles. The highest BCUT2D eigenvalue weighted by atomic mass is 35.5. The Kier molecular flexibility index (Phi) is 3.59. The van der Waals surface area contributed by atoms with E-state index in [0.717, 1.165) is 11.3 Å². The van der Waals surface area contributed by atoms with Gasteiger partial charge < -0.3 is 0 Å². The van der Waals surface area contributed by atoms with E-state index in [0.29, 0.717) is 12.3 Å². The molecule has 0 amide bonds. The maximum atomic E-state index is 12.4. The van der Waals surface area contributed by atoms with Crippen molar-refractivity contribution in [2.45, 2.75) is 15.4 Å². The van der Waals surface area contributed by atoms with Crippen LogP contribution in [0.25, 0.3) is 0 Å². The third-order valence-electron chi connectivity index (χ3n) is 2.10. The first-order valence-electron chi connectivity index (χ1n) is 4.66.